The fraction of sp³-hybridized carbons (Fsp3) is 0.333. The highest BCUT2D eigenvalue weighted by atomic mass is 16.6. The molecule has 0 saturated carbocycles. The second kappa shape index (κ2) is 7.13. The molecular formula is C18H21NO4. The zero-order valence-electron chi connectivity index (χ0n) is 13.6. The van der Waals surface area contributed by atoms with Crippen LogP contribution in [-0.4, -0.2) is 16.1 Å². The maximum atomic E-state index is 12.0. The van der Waals surface area contributed by atoms with E-state index in [2.05, 4.69) is 0 Å². The van der Waals surface area contributed by atoms with E-state index in [0.717, 1.165) is 5.56 Å². The lowest BCUT2D eigenvalue weighted by molar-refractivity contribution is -0.155. The maximum absolute atomic E-state index is 12.0. The highest BCUT2D eigenvalue weighted by molar-refractivity contribution is 5.69. The number of ether oxygens (including phenoxy) is 2. The number of carbonyl (C=O) groups is 1. The molecule has 0 radical (unpaired) electrons. The van der Waals surface area contributed by atoms with E-state index in [1.807, 2.05) is 30.3 Å². The molecule has 23 heavy (non-hydrogen) atoms. The van der Waals surface area contributed by atoms with Crippen molar-refractivity contribution in [3.05, 3.63) is 64.6 Å². The van der Waals surface area contributed by atoms with Crippen LogP contribution < -0.4 is 10.3 Å². The summed E-state index contributed by atoms with van der Waals surface area (Å²) in [5.41, 5.74) is 0.145. The summed E-state index contributed by atoms with van der Waals surface area (Å²) in [4.78, 5) is 23.8. The minimum atomic E-state index is -0.570. The number of esters is 1. The molecule has 0 aliphatic heterocycles. The first-order chi connectivity index (χ1) is 10.8. The number of benzene rings is 1. The first-order valence-electron chi connectivity index (χ1n) is 7.42. The topological polar surface area (TPSA) is 57.5 Å². The molecule has 0 bridgehead atoms. The largest absolute Gasteiger partial charge is 0.489 e. The molecule has 0 spiro atoms. The van der Waals surface area contributed by atoms with Crippen LogP contribution in [0.2, 0.25) is 0 Å². The lowest BCUT2D eigenvalue weighted by atomic mass is 10.2. The van der Waals surface area contributed by atoms with Gasteiger partial charge in [0, 0.05) is 12.3 Å². The van der Waals surface area contributed by atoms with Gasteiger partial charge < -0.3 is 14.0 Å². The van der Waals surface area contributed by atoms with Crippen LogP contribution in [0.1, 0.15) is 26.3 Å². The Morgan fingerprint density at radius 1 is 1.13 bits per heavy atom. The summed E-state index contributed by atoms with van der Waals surface area (Å²) in [5.74, 6) is 0.0249. The third-order valence-electron chi connectivity index (χ3n) is 2.94. The zero-order valence-corrected chi connectivity index (χ0v) is 13.6. The second-order valence-electron chi connectivity index (χ2n) is 6.19. The second-order valence-corrected chi connectivity index (χ2v) is 6.19. The third-order valence-corrected chi connectivity index (χ3v) is 2.94. The Labute approximate surface area is 135 Å². The van der Waals surface area contributed by atoms with Crippen molar-refractivity contribution >= 4 is 5.97 Å². The van der Waals surface area contributed by atoms with Crippen LogP contribution in [0.15, 0.2) is 53.5 Å². The van der Waals surface area contributed by atoms with Gasteiger partial charge in [-0.2, -0.15) is 0 Å². The van der Waals surface area contributed by atoms with Crippen molar-refractivity contribution in [3.8, 4) is 5.75 Å². The number of rotatable bonds is 5. The van der Waals surface area contributed by atoms with Gasteiger partial charge in [-0.1, -0.05) is 30.3 Å². The molecule has 0 aliphatic carbocycles. The van der Waals surface area contributed by atoms with Crippen molar-refractivity contribution in [1.82, 2.24) is 4.57 Å². The van der Waals surface area contributed by atoms with Gasteiger partial charge in [0.05, 0.1) is 0 Å². The van der Waals surface area contributed by atoms with Gasteiger partial charge >= 0.3 is 5.97 Å². The number of carbonyl (C=O) groups excluding carboxylic acids is 1. The van der Waals surface area contributed by atoms with Crippen LogP contribution in [0.4, 0.5) is 0 Å². The Hall–Kier alpha value is -2.56. The zero-order chi connectivity index (χ0) is 16.9. The Morgan fingerprint density at radius 2 is 1.83 bits per heavy atom. The molecule has 2 rings (SSSR count). The summed E-state index contributed by atoms with van der Waals surface area (Å²) in [7, 11) is 0. The van der Waals surface area contributed by atoms with Crippen molar-refractivity contribution in [1.29, 1.82) is 0 Å². The van der Waals surface area contributed by atoms with Gasteiger partial charge in [0.25, 0.3) is 5.56 Å². The molecule has 0 unspecified atom stereocenters. The molecule has 0 amide bonds. The number of nitrogens with zero attached hydrogens (tertiary/aromatic N) is 1. The number of aromatic nitrogens is 1. The fourth-order valence-electron chi connectivity index (χ4n) is 1.96. The van der Waals surface area contributed by atoms with Gasteiger partial charge in [-0.15, -0.1) is 0 Å². The van der Waals surface area contributed by atoms with Crippen molar-refractivity contribution in [2.75, 3.05) is 0 Å². The normalized spacial score (nSPS) is 11.1. The van der Waals surface area contributed by atoms with Crippen LogP contribution in [0.3, 0.4) is 0 Å². The predicted octanol–water partition coefficient (Wildman–Crippen LogP) is 2.77. The first kappa shape index (κ1) is 16.8. The lowest BCUT2D eigenvalue weighted by Gasteiger charge is -2.19. The van der Waals surface area contributed by atoms with Gasteiger partial charge in [0.15, 0.2) is 0 Å². The quantitative estimate of drug-likeness (QED) is 0.796. The van der Waals surface area contributed by atoms with Gasteiger partial charge in [-0.25, -0.2) is 0 Å². The number of pyridine rings is 1. The molecule has 1 heterocycles. The minimum absolute atomic E-state index is 0.116. The molecule has 1 aromatic carbocycles. The Morgan fingerprint density at radius 3 is 2.43 bits per heavy atom. The summed E-state index contributed by atoms with van der Waals surface area (Å²) < 4.78 is 12.1. The smallest absolute Gasteiger partial charge is 0.326 e. The summed E-state index contributed by atoms with van der Waals surface area (Å²) in [6.45, 7) is 5.63. The van der Waals surface area contributed by atoms with Crippen molar-refractivity contribution in [3.63, 3.8) is 0 Å². The minimum Gasteiger partial charge on any atom is -0.489 e. The van der Waals surface area contributed by atoms with E-state index in [-0.39, 0.29) is 12.1 Å². The molecule has 2 aromatic rings. The van der Waals surface area contributed by atoms with Crippen LogP contribution in [0, 0.1) is 0 Å². The van der Waals surface area contributed by atoms with Crippen molar-refractivity contribution < 1.29 is 14.3 Å². The van der Waals surface area contributed by atoms with E-state index in [9.17, 15) is 9.59 Å². The summed E-state index contributed by atoms with van der Waals surface area (Å²) >= 11 is 0. The fourth-order valence-corrected chi connectivity index (χ4v) is 1.96. The summed E-state index contributed by atoms with van der Waals surface area (Å²) in [6.07, 6.45) is 1.53. The molecule has 0 atom stereocenters. The van der Waals surface area contributed by atoms with E-state index in [1.54, 1.807) is 26.8 Å². The average molecular weight is 315 g/mol. The first-order valence-corrected chi connectivity index (χ1v) is 7.42. The van der Waals surface area contributed by atoms with Crippen LogP contribution in [-0.2, 0) is 22.7 Å². The molecular weight excluding hydrogens is 294 g/mol. The molecule has 0 saturated heterocycles. The standard InChI is InChI=1S/C18H21NO4/c1-18(2,3)23-17(21)12-19-10-9-15(11-16(19)20)22-13-14-7-5-4-6-8-14/h4-11H,12-13H2,1-3H3. The van der Waals surface area contributed by atoms with Crippen LogP contribution in [0.5, 0.6) is 5.75 Å². The monoisotopic (exact) mass is 315 g/mol. The molecule has 0 N–H and O–H groups in total. The van der Waals surface area contributed by atoms with Gasteiger partial charge in [-0.05, 0) is 32.4 Å². The van der Waals surface area contributed by atoms with Crippen LogP contribution in [0.25, 0.3) is 0 Å². The van der Waals surface area contributed by atoms with Crippen molar-refractivity contribution in [2.45, 2.75) is 39.5 Å². The predicted molar refractivity (Wildman–Crippen MR) is 87.3 cm³/mol. The van der Waals surface area contributed by atoms with E-state index in [1.165, 1.54) is 16.8 Å². The number of hydrogen-bond donors (Lipinski definition) is 0. The molecule has 5 nitrogen and oxygen atoms in total. The molecule has 0 fully saturated rings. The van der Waals surface area contributed by atoms with Crippen molar-refractivity contribution in [2.24, 2.45) is 0 Å². The average Bonchev–Trinajstić information content (AvgIpc) is 2.47. The Kier molecular flexibility index (Phi) is 5.21. The highest BCUT2D eigenvalue weighted by Crippen LogP contribution is 2.11. The van der Waals surface area contributed by atoms with Crippen LogP contribution >= 0.6 is 0 Å². The van der Waals surface area contributed by atoms with Gasteiger partial charge in [0.1, 0.15) is 24.5 Å². The molecule has 122 valence electrons. The van der Waals surface area contributed by atoms with Gasteiger partial charge in [-0.3, -0.25) is 9.59 Å². The highest BCUT2D eigenvalue weighted by Gasteiger charge is 2.16. The van der Waals surface area contributed by atoms with E-state index in [0.29, 0.717) is 12.4 Å². The summed E-state index contributed by atoms with van der Waals surface area (Å²) in [6, 6.07) is 12.7. The molecule has 1 aromatic heterocycles. The Bertz CT molecular complexity index is 714. The maximum Gasteiger partial charge on any atom is 0.326 e. The third kappa shape index (κ3) is 5.62. The lowest BCUT2D eigenvalue weighted by Crippen LogP contribution is -2.30. The molecule has 0 aliphatic rings. The summed E-state index contributed by atoms with van der Waals surface area (Å²) in [5, 5.41) is 0. The van der Waals surface area contributed by atoms with E-state index in [4.69, 9.17) is 9.47 Å². The molecule has 5 heteroatoms. The Balaban J connectivity index is 1.98. The van der Waals surface area contributed by atoms with E-state index < -0.39 is 11.6 Å². The SMILES string of the molecule is CC(C)(C)OC(=O)Cn1ccc(OCc2ccccc2)cc1=O. The van der Waals surface area contributed by atoms with E-state index >= 15 is 0 Å². The van der Waals surface area contributed by atoms with Gasteiger partial charge in [0.2, 0.25) is 0 Å². The number of hydrogen-bond acceptors (Lipinski definition) is 4.